The Morgan fingerprint density at radius 2 is 2.10 bits per heavy atom. The van der Waals surface area contributed by atoms with Gasteiger partial charge in [-0.05, 0) is 46.6 Å². The minimum Gasteiger partial charge on any atom is -0.339 e. The van der Waals surface area contributed by atoms with Gasteiger partial charge in [-0.1, -0.05) is 11.6 Å². The van der Waals surface area contributed by atoms with E-state index < -0.39 is 15.8 Å². The summed E-state index contributed by atoms with van der Waals surface area (Å²) in [6.07, 6.45) is 1.16. The van der Waals surface area contributed by atoms with Crippen LogP contribution in [0.2, 0.25) is 5.02 Å². The Morgan fingerprint density at radius 1 is 1.43 bits per heavy atom. The van der Waals surface area contributed by atoms with E-state index in [1.54, 1.807) is 6.92 Å². The Hall–Kier alpha value is -1.22. The van der Waals surface area contributed by atoms with Crippen LogP contribution in [-0.2, 0) is 10.0 Å². The largest absolute Gasteiger partial charge is 0.339 e. The second kappa shape index (κ2) is 5.88. The highest BCUT2D eigenvalue weighted by Crippen LogP contribution is 2.31. The number of benzene rings is 1. The van der Waals surface area contributed by atoms with Gasteiger partial charge in [0, 0.05) is 11.9 Å². The molecule has 0 bridgehead atoms. The van der Waals surface area contributed by atoms with Crippen LogP contribution >= 0.6 is 27.5 Å². The molecule has 0 unspecified atom stereocenters. The van der Waals surface area contributed by atoms with Gasteiger partial charge in [0.2, 0.25) is 10.0 Å². The summed E-state index contributed by atoms with van der Waals surface area (Å²) in [5.74, 6) is -0.169. The summed E-state index contributed by atoms with van der Waals surface area (Å²) in [7, 11) is -3.85. The standard InChI is InChI=1S/C12H10BrClFN3O2S/c1-6-10(21(16,19)20)5-17-12(11(6)13)18-7-2-3-9(15)8(14)4-7/h2-5H,1H3,(H,17,18)(H2,16,19,20). The molecule has 0 radical (unpaired) electrons. The summed E-state index contributed by atoms with van der Waals surface area (Å²) in [6.45, 7) is 1.59. The molecule has 112 valence electrons. The van der Waals surface area contributed by atoms with E-state index in [0.29, 0.717) is 21.5 Å². The van der Waals surface area contributed by atoms with E-state index in [0.717, 1.165) is 6.20 Å². The zero-order chi connectivity index (χ0) is 15.8. The third-order valence-corrected chi connectivity index (χ3v) is 4.99. The molecule has 0 saturated carbocycles. The van der Waals surface area contributed by atoms with E-state index >= 15 is 0 Å². The number of sulfonamides is 1. The van der Waals surface area contributed by atoms with Crippen molar-refractivity contribution in [3.63, 3.8) is 0 Å². The number of pyridine rings is 1. The number of aromatic nitrogens is 1. The Balaban J connectivity index is 2.42. The summed E-state index contributed by atoms with van der Waals surface area (Å²) in [4.78, 5) is 3.93. The van der Waals surface area contributed by atoms with Crippen LogP contribution in [0.15, 0.2) is 33.8 Å². The number of hydrogen-bond acceptors (Lipinski definition) is 4. The van der Waals surface area contributed by atoms with E-state index in [2.05, 4.69) is 26.2 Å². The van der Waals surface area contributed by atoms with Crippen LogP contribution in [0.5, 0.6) is 0 Å². The molecule has 0 spiro atoms. The van der Waals surface area contributed by atoms with Gasteiger partial charge in [0.25, 0.3) is 0 Å². The number of nitrogens with one attached hydrogen (secondary N) is 1. The predicted octanol–water partition coefficient (Wildman–Crippen LogP) is 3.34. The number of hydrogen-bond donors (Lipinski definition) is 2. The van der Waals surface area contributed by atoms with Gasteiger partial charge in [0.15, 0.2) is 0 Å². The average Bonchev–Trinajstić information content (AvgIpc) is 2.38. The van der Waals surface area contributed by atoms with Gasteiger partial charge < -0.3 is 5.32 Å². The molecule has 0 amide bonds. The Morgan fingerprint density at radius 3 is 2.67 bits per heavy atom. The topological polar surface area (TPSA) is 85.1 Å². The highest BCUT2D eigenvalue weighted by Gasteiger charge is 2.17. The molecule has 0 aliphatic carbocycles. The van der Waals surface area contributed by atoms with Crippen LogP contribution < -0.4 is 10.5 Å². The smallest absolute Gasteiger partial charge is 0.239 e. The molecule has 0 atom stereocenters. The van der Waals surface area contributed by atoms with Crippen LogP contribution in [0.1, 0.15) is 5.56 Å². The van der Waals surface area contributed by atoms with Crippen LogP contribution in [0.3, 0.4) is 0 Å². The summed E-state index contributed by atoms with van der Waals surface area (Å²) in [5, 5.41) is 7.98. The monoisotopic (exact) mass is 393 g/mol. The van der Waals surface area contributed by atoms with Crippen LogP contribution in [0, 0.1) is 12.7 Å². The number of nitrogens with two attached hydrogens (primary N) is 1. The first kappa shape index (κ1) is 16.2. The first-order chi connectivity index (χ1) is 9.70. The Labute approximate surface area is 134 Å². The maximum absolute atomic E-state index is 13.1. The molecule has 0 saturated heterocycles. The minimum atomic E-state index is -3.85. The Kier molecular flexibility index (Phi) is 4.52. The van der Waals surface area contributed by atoms with Crippen molar-refractivity contribution in [3.8, 4) is 0 Å². The molecule has 1 aromatic carbocycles. The van der Waals surface area contributed by atoms with Crippen molar-refractivity contribution < 1.29 is 12.8 Å². The molecular formula is C12H10BrClFN3O2S. The fourth-order valence-electron chi connectivity index (χ4n) is 1.65. The quantitative estimate of drug-likeness (QED) is 0.836. The molecule has 1 aromatic heterocycles. The third kappa shape index (κ3) is 3.52. The van der Waals surface area contributed by atoms with Crippen LogP contribution in [0.25, 0.3) is 0 Å². The molecular weight excluding hydrogens is 385 g/mol. The van der Waals surface area contributed by atoms with Gasteiger partial charge in [-0.25, -0.2) is 22.9 Å². The van der Waals surface area contributed by atoms with Gasteiger partial charge >= 0.3 is 0 Å². The SMILES string of the molecule is Cc1c(S(N)(=O)=O)cnc(Nc2ccc(F)c(Cl)c2)c1Br. The molecule has 0 aliphatic heterocycles. The lowest BCUT2D eigenvalue weighted by Crippen LogP contribution is -2.14. The van der Waals surface area contributed by atoms with E-state index in [-0.39, 0.29) is 9.92 Å². The average molecular weight is 395 g/mol. The van der Waals surface area contributed by atoms with Gasteiger partial charge in [-0.2, -0.15) is 0 Å². The van der Waals surface area contributed by atoms with Crippen molar-refractivity contribution in [1.82, 2.24) is 4.98 Å². The molecule has 1 heterocycles. The Bertz CT molecular complexity index is 814. The van der Waals surface area contributed by atoms with Gasteiger partial charge in [-0.3, -0.25) is 0 Å². The molecule has 2 aromatic rings. The van der Waals surface area contributed by atoms with Crippen LogP contribution in [-0.4, -0.2) is 13.4 Å². The zero-order valence-corrected chi connectivity index (χ0v) is 13.9. The van der Waals surface area contributed by atoms with Crippen molar-refractivity contribution >= 4 is 49.1 Å². The summed E-state index contributed by atoms with van der Waals surface area (Å²) in [5.41, 5.74) is 0.931. The molecule has 0 fully saturated rings. The van der Waals surface area contributed by atoms with Gasteiger partial charge in [0.1, 0.15) is 16.5 Å². The number of rotatable bonds is 3. The van der Waals surface area contributed by atoms with Crippen LogP contribution in [0.4, 0.5) is 15.9 Å². The fourth-order valence-corrected chi connectivity index (χ4v) is 3.10. The molecule has 0 aliphatic rings. The van der Waals surface area contributed by atoms with Crippen molar-refractivity contribution in [2.24, 2.45) is 5.14 Å². The van der Waals surface area contributed by atoms with Gasteiger partial charge in [-0.15, -0.1) is 0 Å². The van der Waals surface area contributed by atoms with E-state index in [4.69, 9.17) is 16.7 Å². The first-order valence-corrected chi connectivity index (χ1v) is 8.32. The summed E-state index contributed by atoms with van der Waals surface area (Å²) in [6, 6.07) is 4.09. The van der Waals surface area contributed by atoms with Crippen molar-refractivity contribution in [2.75, 3.05) is 5.32 Å². The summed E-state index contributed by atoms with van der Waals surface area (Å²) >= 11 is 8.96. The molecule has 5 nitrogen and oxygen atoms in total. The maximum atomic E-state index is 13.1. The molecule has 21 heavy (non-hydrogen) atoms. The van der Waals surface area contributed by atoms with Crippen molar-refractivity contribution in [2.45, 2.75) is 11.8 Å². The second-order valence-corrected chi connectivity index (χ2v) is 6.94. The lowest BCUT2D eigenvalue weighted by atomic mass is 10.2. The van der Waals surface area contributed by atoms with Crippen molar-refractivity contribution in [3.05, 3.63) is 45.3 Å². The highest BCUT2D eigenvalue weighted by atomic mass is 79.9. The number of halogens is 3. The second-order valence-electron chi connectivity index (χ2n) is 4.21. The number of primary sulfonamides is 1. The lowest BCUT2D eigenvalue weighted by Gasteiger charge is -2.12. The maximum Gasteiger partial charge on any atom is 0.239 e. The fraction of sp³-hybridized carbons (Fsp3) is 0.0833. The van der Waals surface area contributed by atoms with E-state index in [1.165, 1.54) is 18.2 Å². The van der Waals surface area contributed by atoms with E-state index in [1.807, 2.05) is 0 Å². The zero-order valence-electron chi connectivity index (χ0n) is 10.7. The van der Waals surface area contributed by atoms with Gasteiger partial charge in [0.05, 0.1) is 9.50 Å². The van der Waals surface area contributed by atoms with E-state index in [9.17, 15) is 12.8 Å². The number of anilines is 2. The summed E-state index contributed by atoms with van der Waals surface area (Å²) < 4.78 is 36.3. The third-order valence-electron chi connectivity index (χ3n) is 2.71. The number of nitrogens with zero attached hydrogens (tertiary/aromatic N) is 1. The molecule has 3 N–H and O–H groups in total. The normalized spacial score (nSPS) is 11.5. The molecule has 2 rings (SSSR count). The first-order valence-electron chi connectivity index (χ1n) is 5.60. The van der Waals surface area contributed by atoms with Crippen molar-refractivity contribution in [1.29, 1.82) is 0 Å². The minimum absolute atomic E-state index is 0.0333. The predicted molar refractivity (Wildman–Crippen MR) is 82.7 cm³/mol. The highest BCUT2D eigenvalue weighted by molar-refractivity contribution is 9.10. The lowest BCUT2D eigenvalue weighted by molar-refractivity contribution is 0.596. The molecule has 9 heteroatoms.